The summed E-state index contributed by atoms with van der Waals surface area (Å²) < 4.78 is 0. The Morgan fingerprint density at radius 1 is 0.905 bits per heavy atom. The van der Waals surface area contributed by atoms with Gasteiger partial charge in [0.2, 0.25) is 23.6 Å². The van der Waals surface area contributed by atoms with Gasteiger partial charge >= 0.3 is 5.97 Å². The number of rotatable bonds is 17. The second-order valence-corrected chi connectivity index (χ2v) is 9.93. The normalized spacial score (nSPS) is 14.0. The Morgan fingerprint density at radius 2 is 1.60 bits per heavy atom. The molecule has 0 saturated heterocycles. The summed E-state index contributed by atoms with van der Waals surface area (Å²) in [6.07, 6.45) is 5.32. The van der Waals surface area contributed by atoms with Crippen molar-refractivity contribution in [1.29, 1.82) is 0 Å². The van der Waals surface area contributed by atoms with Crippen LogP contribution >= 0.6 is 0 Å². The van der Waals surface area contributed by atoms with Gasteiger partial charge < -0.3 is 48.2 Å². The maximum atomic E-state index is 13.6. The molecule has 0 bridgehead atoms. The quantitative estimate of drug-likeness (QED) is 0.0840. The van der Waals surface area contributed by atoms with E-state index < -0.39 is 60.2 Å². The van der Waals surface area contributed by atoms with Crippen LogP contribution in [0.2, 0.25) is 0 Å². The van der Waals surface area contributed by atoms with Crippen LogP contribution in [0.4, 0.5) is 0 Å². The van der Waals surface area contributed by atoms with Crippen LogP contribution in [0.3, 0.4) is 0 Å². The predicted octanol–water partition coefficient (Wildman–Crippen LogP) is -1.45. The SMILES string of the molecule is NCCCCC(NC(=O)C(CC(N)=O)NC(=O)C(Cc1c[nH]c2ccccc12)NC(=O)C(N)Cc1cnc[nH]1)C(=O)O. The molecule has 0 radical (unpaired) electrons. The number of amides is 4. The number of para-hydroxylation sites is 1. The topological polar surface area (TPSA) is 264 Å². The lowest BCUT2D eigenvalue weighted by molar-refractivity contribution is -0.142. The van der Waals surface area contributed by atoms with E-state index >= 15 is 0 Å². The van der Waals surface area contributed by atoms with Gasteiger partial charge in [-0.25, -0.2) is 9.78 Å². The minimum Gasteiger partial charge on any atom is -0.480 e. The minimum atomic E-state index is -1.49. The third-order valence-electron chi connectivity index (χ3n) is 6.66. The van der Waals surface area contributed by atoms with Gasteiger partial charge in [-0.15, -0.1) is 0 Å². The number of fused-ring (bicyclic) bond motifs is 1. The number of nitrogens with zero attached hydrogens (tertiary/aromatic N) is 1. The number of imidazole rings is 1. The number of carboxylic acids is 1. The van der Waals surface area contributed by atoms with Crippen molar-refractivity contribution in [3.05, 3.63) is 54.2 Å². The first kappa shape index (κ1) is 31.8. The largest absolute Gasteiger partial charge is 0.480 e. The van der Waals surface area contributed by atoms with Crippen molar-refractivity contribution < 1.29 is 29.1 Å². The number of aromatic amines is 2. The maximum absolute atomic E-state index is 13.6. The fourth-order valence-electron chi connectivity index (χ4n) is 4.44. The average molecular weight is 584 g/mol. The summed E-state index contributed by atoms with van der Waals surface area (Å²) in [4.78, 5) is 73.0. The van der Waals surface area contributed by atoms with Gasteiger partial charge in [0.1, 0.15) is 18.1 Å². The second kappa shape index (κ2) is 15.3. The molecule has 226 valence electrons. The van der Waals surface area contributed by atoms with Gasteiger partial charge in [-0.3, -0.25) is 19.2 Å². The molecule has 3 rings (SSSR count). The number of benzene rings is 1. The zero-order chi connectivity index (χ0) is 30.6. The third kappa shape index (κ3) is 9.14. The molecule has 12 N–H and O–H groups in total. The van der Waals surface area contributed by atoms with Crippen LogP contribution < -0.4 is 33.2 Å². The number of nitrogens with one attached hydrogen (secondary N) is 5. The van der Waals surface area contributed by atoms with Gasteiger partial charge in [-0.2, -0.15) is 0 Å². The summed E-state index contributed by atoms with van der Waals surface area (Å²) in [5.41, 5.74) is 19.0. The molecule has 4 amide bonds. The standard InChI is InChI=1S/C27H37N9O6/c28-8-4-3-7-20(27(41)42)34-26(40)22(11-23(30)37)36-25(39)21(9-15-12-32-19-6-2-1-5-17(15)19)35-24(38)18(29)10-16-13-31-14-33-16/h1-2,5-6,12-14,18,20-22,32H,3-4,7-11,28-29H2,(H2,30,37)(H,31,33)(H,34,40)(H,35,38)(H,36,39)(H,41,42). The van der Waals surface area contributed by atoms with Crippen LogP contribution in [0.5, 0.6) is 0 Å². The first-order chi connectivity index (χ1) is 20.1. The molecule has 0 fully saturated rings. The maximum Gasteiger partial charge on any atom is 0.326 e. The Labute approximate surface area is 241 Å². The highest BCUT2D eigenvalue weighted by Crippen LogP contribution is 2.19. The van der Waals surface area contributed by atoms with Gasteiger partial charge in [0.05, 0.1) is 18.8 Å². The number of hydrogen-bond acceptors (Lipinski definition) is 8. The number of carbonyl (C=O) groups excluding carboxylic acids is 4. The van der Waals surface area contributed by atoms with Gasteiger partial charge in [0, 0.05) is 41.8 Å². The molecule has 0 aliphatic carbocycles. The van der Waals surface area contributed by atoms with Gasteiger partial charge in [-0.05, 0) is 37.4 Å². The van der Waals surface area contributed by atoms with E-state index in [1.165, 1.54) is 12.5 Å². The van der Waals surface area contributed by atoms with E-state index in [0.29, 0.717) is 30.6 Å². The van der Waals surface area contributed by atoms with Crippen molar-refractivity contribution in [3.63, 3.8) is 0 Å². The molecule has 0 saturated carbocycles. The average Bonchev–Trinajstić information content (AvgIpc) is 3.61. The Balaban J connectivity index is 1.80. The van der Waals surface area contributed by atoms with E-state index in [9.17, 15) is 29.1 Å². The fourth-order valence-corrected chi connectivity index (χ4v) is 4.44. The summed E-state index contributed by atoms with van der Waals surface area (Å²) >= 11 is 0. The Bertz CT molecular complexity index is 1370. The summed E-state index contributed by atoms with van der Waals surface area (Å²) in [5.74, 6) is -4.51. The van der Waals surface area contributed by atoms with E-state index in [4.69, 9.17) is 17.2 Å². The van der Waals surface area contributed by atoms with Crippen LogP contribution in [0.1, 0.15) is 36.9 Å². The van der Waals surface area contributed by atoms with Crippen molar-refractivity contribution in [2.24, 2.45) is 17.2 Å². The molecule has 0 spiro atoms. The number of hydrogen-bond donors (Lipinski definition) is 9. The molecular formula is C27H37N9O6. The van der Waals surface area contributed by atoms with E-state index in [1.807, 2.05) is 24.3 Å². The number of H-pyrrole nitrogens is 2. The lowest BCUT2D eigenvalue weighted by atomic mass is 10.0. The second-order valence-electron chi connectivity index (χ2n) is 9.93. The smallest absolute Gasteiger partial charge is 0.326 e. The van der Waals surface area contributed by atoms with Crippen molar-refractivity contribution in [3.8, 4) is 0 Å². The van der Waals surface area contributed by atoms with Crippen LogP contribution in [0.15, 0.2) is 43.0 Å². The molecule has 4 unspecified atom stereocenters. The molecular weight excluding hydrogens is 546 g/mol. The third-order valence-corrected chi connectivity index (χ3v) is 6.66. The molecule has 0 aliphatic heterocycles. The fraction of sp³-hybridized carbons (Fsp3) is 0.407. The van der Waals surface area contributed by atoms with Crippen LogP contribution in [-0.2, 0) is 36.8 Å². The number of carboxylic acid groups (broad SMARTS) is 1. The van der Waals surface area contributed by atoms with Crippen molar-refractivity contribution >= 4 is 40.5 Å². The number of aromatic nitrogens is 3. The first-order valence-electron chi connectivity index (χ1n) is 13.5. The van der Waals surface area contributed by atoms with Gasteiger partial charge in [0.15, 0.2) is 0 Å². The van der Waals surface area contributed by atoms with Crippen LogP contribution in [0.25, 0.3) is 10.9 Å². The summed E-state index contributed by atoms with van der Waals surface area (Å²) in [6, 6.07) is 2.37. The summed E-state index contributed by atoms with van der Waals surface area (Å²) in [5, 5.41) is 17.8. The number of carbonyl (C=O) groups is 5. The highest BCUT2D eigenvalue weighted by atomic mass is 16.4. The number of nitrogens with two attached hydrogens (primary N) is 3. The lowest BCUT2D eigenvalue weighted by Gasteiger charge is -2.25. The van der Waals surface area contributed by atoms with E-state index in [2.05, 4.69) is 30.9 Å². The van der Waals surface area contributed by atoms with Crippen molar-refractivity contribution in [2.45, 2.75) is 62.7 Å². The molecule has 0 aliphatic rings. The Kier molecular flexibility index (Phi) is 11.6. The zero-order valence-corrected chi connectivity index (χ0v) is 23.0. The molecule has 3 aromatic rings. The minimum absolute atomic E-state index is 0.0140. The lowest BCUT2D eigenvalue weighted by Crippen LogP contribution is -2.58. The highest BCUT2D eigenvalue weighted by molar-refractivity contribution is 5.96. The highest BCUT2D eigenvalue weighted by Gasteiger charge is 2.32. The van der Waals surface area contributed by atoms with E-state index in [-0.39, 0.29) is 19.3 Å². The molecule has 42 heavy (non-hydrogen) atoms. The predicted molar refractivity (Wildman–Crippen MR) is 152 cm³/mol. The van der Waals surface area contributed by atoms with Crippen molar-refractivity contribution in [1.82, 2.24) is 30.9 Å². The number of unbranched alkanes of at least 4 members (excludes halogenated alkanes) is 1. The summed E-state index contributed by atoms with van der Waals surface area (Å²) in [7, 11) is 0. The van der Waals surface area contributed by atoms with Crippen molar-refractivity contribution in [2.75, 3.05) is 6.54 Å². The van der Waals surface area contributed by atoms with Crippen LogP contribution in [0, 0.1) is 0 Å². The molecule has 2 heterocycles. The van der Waals surface area contributed by atoms with Gasteiger partial charge in [-0.1, -0.05) is 18.2 Å². The first-order valence-corrected chi connectivity index (χ1v) is 13.5. The van der Waals surface area contributed by atoms with E-state index in [0.717, 1.165) is 10.9 Å². The van der Waals surface area contributed by atoms with E-state index in [1.54, 1.807) is 6.20 Å². The Hall–Kier alpha value is -4.76. The molecule has 4 atom stereocenters. The molecule has 2 aromatic heterocycles. The van der Waals surface area contributed by atoms with Crippen LogP contribution in [-0.4, -0.2) is 80.4 Å². The number of aliphatic carboxylic acids is 1. The summed E-state index contributed by atoms with van der Waals surface area (Å²) in [6.45, 7) is 0.357. The van der Waals surface area contributed by atoms with Gasteiger partial charge in [0.25, 0.3) is 0 Å². The number of primary amides is 1. The molecule has 15 nitrogen and oxygen atoms in total. The molecule has 1 aromatic carbocycles. The monoisotopic (exact) mass is 583 g/mol. The Morgan fingerprint density at radius 3 is 2.26 bits per heavy atom. The zero-order valence-electron chi connectivity index (χ0n) is 23.0. The molecule has 15 heteroatoms.